The van der Waals surface area contributed by atoms with Crippen molar-refractivity contribution in [2.45, 2.75) is 31.7 Å². The topological polar surface area (TPSA) is 80.7 Å². The van der Waals surface area contributed by atoms with Gasteiger partial charge >= 0.3 is 0 Å². The second-order valence-corrected chi connectivity index (χ2v) is 7.68. The third-order valence-electron chi connectivity index (χ3n) is 3.48. The third-order valence-corrected chi connectivity index (χ3v) is 5.37. The van der Waals surface area contributed by atoms with Crippen LogP contribution in [0.4, 0.5) is 5.13 Å². The smallest absolute Gasteiger partial charge is 0.227 e. The van der Waals surface area contributed by atoms with Gasteiger partial charge in [-0.15, -0.1) is 22.0 Å². The minimum absolute atomic E-state index is 0.0645. The number of amides is 1. The van der Waals surface area contributed by atoms with E-state index in [2.05, 4.69) is 25.5 Å². The number of aryl methyl sites for hydroxylation is 2. The number of benzene rings is 1. The maximum absolute atomic E-state index is 12.0. The first-order valence-electron chi connectivity index (χ1n) is 8.30. The second kappa shape index (κ2) is 8.86. The lowest BCUT2D eigenvalue weighted by atomic mass is 10.1. The molecule has 1 amide bonds. The lowest BCUT2D eigenvalue weighted by Crippen LogP contribution is -2.12. The molecule has 6 nitrogen and oxygen atoms in total. The Morgan fingerprint density at radius 2 is 2.00 bits per heavy atom. The summed E-state index contributed by atoms with van der Waals surface area (Å²) < 4.78 is 0. The van der Waals surface area contributed by atoms with Crippen LogP contribution in [0.5, 0.6) is 0 Å². The van der Waals surface area contributed by atoms with Crippen molar-refractivity contribution in [2.24, 2.45) is 0 Å². The summed E-state index contributed by atoms with van der Waals surface area (Å²) in [6.07, 6.45) is 1.20. The predicted octanol–water partition coefficient (Wildman–Crippen LogP) is 3.99. The van der Waals surface area contributed by atoms with Gasteiger partial charge in [0.05, 0.1) is 5.69 Å². The van der Waals surface area contributed by atoms with Gasteiger partial charge in [0.1, 0.15) is 15.9 Å². The average molecular weight is 386 g/mol. The molecule has 0 atom stereocenters. The van der Waals surface area contributed by atoms with Crippen molar-refractivity contribution in [1.29, 1.82) is 0 Å². The number of hydrogen-bond acceptors (Lipinski definition) is 7. The zero-order valence-electron chi connectivity index (χ0n) is 14.6. The Labute approximate surface area is 160 Å². The highest BCUT2D eigenvalue weighted by Crippen LogP contribution is 2.23. The Morgan fingerprint density at radius 3 is 2.73 bits per heavy atom. The van der Waals surface area contributed by atoms with Gasteiger partial charge in [-0.3, -0.25) is 4.79 Å². The Bertz CT molecular complexity index is 882. The van der Waals surface area contributed by atoms with Crippen LogP contribution in [0, 0.1) is 6.92 Å². The summed E-state index contributed by atoms with van der Waals surface area (Å²) in [6.45, 7) is 3.89. The number of aromatic nitrogens is 4. The molecule has 0 bridgehead atoms. The van der Waals surface area contributed by atoms with Gasteiger partial charge in [0, 0.05) is 17.7 Å². The van der Waals surface area contributed by atoms with Gasteiger partial charge in [0.25, 0.3) is 0 Å². The highest BCUT2D eigenvalue weighted by Gasteiger charge is 2.09. The number of anilines is 1. The SMILES string of the molecule is CCc1nnc(NC(=O)CCSc2cc(-c3ccccc3)nc(C)n2)s1. The van der Waals surface area contributed by atoms with Crippen molar-refractivity contribution in [2.75, 3.05) is 11.1 Å². The molecule has 0 unspecified atom stereocenters. The number of hydrogen-bond donors (Lipinski definition) is 1. The van der Waals surface area contributed by atoms with Crippen LogP contribution in [0.25, 0.3) is 11.3 Å². The quantitative estimate of drug-likeness (QED) is 0.489. The molecule has 134 valence electrons. The fourth-order valence-electron chi connectivity index (χ4n) is 2.25. The van der Waals surface area contributed by atoms with Gasteiger partial charge in [-0.1, -0.05) is 48.6 Å². The summed E-state index contributed by atoms with van der Waals surface area (Å²) in [7, 11) is 0. The number of nitrogens with one attached hydrogen (secondary N) is 1. The van der Waals surface area contributed by atoms with Gasteiger partial charge in [0.2, 0.25) is 11.0 Å². The number of carbonyl (C=O) groups excluding carboxylic acids is 1. The maximum atomic E-state index is 12.0. The molecular formula is C18H19N5OS2. The van der Waals surface area contributed by atoms with E-state index in [0.717, 1.165) is 33.5 Å². The fourth-order valence-corrected chi connectivity index (χ4v) is 3.83. The average Bonchev–Trinajstić information content (AvgIpc) is 3.09. The zero-order valence-corrected chi connectivity index (χ0v) is 16.2. The lowest BCUT2D eigenvalue weighted by molar-refractivity contribution is -0.115. The van der Waals surface area contributed by atoms with Gasteiger partial charge in [-0.2, -0.15) is 0 Å². The van der Waals surface area contributed by atoms with E-state index >= 15 is 0 Å². The van der Waals surface area contributed by atoms with Crippen molar-refractivity contribution in [3.63, 3.8) is 0 Å². The number of nitrogens with zero attached hydrogens (tertiary/aromatic N) is 4. The van der Waals surface area contributed by atoms with Crippen LogP contribution < -0.4 is 5.32 Å². The van der Waals surface area contributed by atoms with Crippen LogP contribution in [0.3, 0.4) is 0 Å². The van der Waals surface area contributed by atoms with Gasteiger partial charge in [-0.05, 0) is 19.4 Å². The summed E-state index contributed by atoms with van der Waals surface area (Å²) in [5, 5.41) is 13.1. The fraction of sp³-hybridized carbons (Fsp3) is 0.278. The number of rotatable bonds is 7. The predicted molar refractivity (Wildman–Crippen MR) is 105 cm³/mol. The van der Waals surface area contributed by atoms with Crippen molar-refractivity contribution >= 4 is 34.1 Å². The van der Waals surface area contributed by atoms with Crippen LogP contribution in [0.1, 0.15) is 24.2 Å². The third kappa shape index (κ3) is 5.09. The Kier molecular flexibility index (Phi) is 6.30. The summed E-state index contributed by atoms with van der Waals surface area (Å²) >= 11 is 2.96. The highest BCUT2D eigenvalue weighted by atomic mass is 32.2. The van der Waals surface area contributed by atoms with E-state index in [4.69, 9.17) is 0 Å². The molecule has 0 aliphatic heterocycles. The molecule has 0 saturated heterocycles. The monoisotopic (exact) mass is 385 g/mol. The molecule has 0 fully saturated rings. The minimum atomic E-state index is -0.0645. The Morgan fingerprint density at radius 1 is 1.19 bits per heavy atom. The van der Waals surface area contributed by atoms with Gasteiger partial charge in [-0.25, -0.2) is 9.97 Å². The Hall–Kier alpha value is -2.32. The summed E-state index contributed by atoms with van der Waals surface area (Å²) in [5.74, 6) is 1.29. The Balaban J connectivity index is 1.56. The van der Waals surface area contributed by atoms with E-state index in [9.17, 15) is 4.79 Å². The molecule has 0 aliphatic rings. The zero-order chi connectivity index (χ0) is 18.4. The van der Waals surface area contributed by atoms with Crippen LogP contribution in [-0.2, 0) is 11.2 Å². The normalized spacial score (nSPS) is 10.7. The maximum Gasteiger partial charge on any atom is 0.227 e. The van der Waals surface area contributed by atoms with Crippen molar-refractivity contribution < 1.29 is 4.79 Å². The van der Waals surface area contributed by atoms with Gasteiger partial charge < -0.3 is 5.32 Å². The lowest BCUT2D eigenvalue weighted by Gasteiger charge is -2.06. The molecule has 1 N–H and O–H groups in total. The molecule has 0 saturated carbocycles. The molecule has 0 spiro atoms. The molecule has 0 aliphatic carbocycles. The van der Waals surface area contributed by atoms with E-state index in [1.165, 1.54) is 11.3 Å². The molecule has 2 aromatic heterocycles. The molecule has 8 heteroatoms. The summed E-state index contributed by atoms with van der Waals surface area (Å²) in [5.41, 5.74) is 1.95. The summed E-state index contributed by atoms with van der Waals surface area (Å²) in [4.78, 5) is 21.0. The van der Waals surface area contributed by atoms with E-state index in [1.54, 1.807) is 11.8 Å². The van der Waals surface area contributed by atoms with Gasteiger partial charge in [0.15, 0.2) is 0 Å². The van der Waals surface area contributed by atoms with Crippen molar-refractivity contribution in [3.8, 4) is 11.3 Å². The largest absolute Gasteiger partial charge is 0.301 e. The minimum Gasteiger partial charge on any atom is -0.301 e. The number of carbonyl (C=O) groups is 1. The van der Waals surface area contributed by atoms with E-state index < -0.39 is 0 Å². The molecule has 0 radical (unpaired) electrons. The second-order valence-electron chi connectivity index (χ2n) is 5.51. The van der Waals surface area contributed by atoms with Crippen molar-refractivity contribution in [1.82, 2.24) is 20.2 Å². The van der Waals surface area contributed by atoms with Crippen LogP contribution in [0.15, 0.2) is 41.4 Å². The molecule has 2 heterocycles. The summed E-state index contributed by atoms with van der Waals surface area (Å²) in [6, 6.07) is 12.0. The molecule has 3 rings (SSSR count). The van der Waals surface area contributed by atoms with E-state index in [1.807, 2.05) is 50.2 Å². The molecule has 3 aromatic rings. The molecule has 1 aromatic carbocycles. The van der Waals surface area contributed by atoms with Crippen LogP contribution in [-0.4, -0.2) is 31.8 Å². The highest BCUT2D eigenvalue weighted by molar-refractivity contribution is 7.99. The molecular weight excluding hydrogens is 366 g/mol. The van der Waals surface area contributed by atoms with Crippen LogP contribution in [0.2, 0.25) is 0 Å². The standard InChI is InChI=1S/C18H19N5OS2/c1-3-16-22-23-18(26-16)21-15(24)9-10-25-17-11-14(19-12(2)20-17)13-7-5-4-6-8-13/h4-8,11H,3,9-10H2,1-2H3,(H,21,23,24). The van der Waals surface area contributed by atoms with E-state index in [-0.39, 0.29) is 5.91 Å². The first kappa shape index (κ1) is 18.5. The van der Waals surface area contributed by atoms with Crippen LogP contribution >= 0.6 is 23.1 Å². The first-order valence-corrected chi connectivity index (χ1v) is 10.1. The number of thioether (sulfide) groups is 1. The first-order chi connectivity index (χ1) is 12.6. The van der Waals surface area contributed by atoms with Crippen molar-refractivity contribution in [3.05, 3.63) is 47.2 Å². The van der Waals surface area contributed by atoms with E-state index in [0.29, 0.717) is 17.3 Å². The molecule has 26 heavy (non-hydrogen) atoms.